The Morgan fingerprint density at radius 1 is 1.44 bits per heavy atom. The maximum atomic E-state index is 4.81. The number of benzene rings is 1. The topological polar surface area (TPSA) is 24.4 Å². The Morgan fingerprint density at radius 2 is 2.22 bits per heavy atom. The quantitative estimate of drug-likeness (QED) is 0.770. The van der Waals surface area contributed by atoms with Gasteiger partial charge in [-0.1, -0.05) is 31.7 Å². The van der Waals surface area contributed by atoms with Crippen molar-refractivity contribution in [3.05, 3.63) is 27.3 Å². The van der Waals surface area contributed by atoms with Crippen molar-refractivity contribution in [1.29, 1.82) is 0 Å². The molecule has 0 aliphatic carbocycles. The summed E-state index contributed by atoms with van der Waals surface area (Å²) in [7, 11) is 0. The molecule has 18 heavy (non-hydrogen) atoms. The standard InChI is InChI=1S/C14H19IN2S/c1-9(2)12-6-7-18-14(16-12)17-13-8-11(15)5-4-10(13)3/h4-5,8-9,12H,6-7H2,1-3H3,(H,16,17). The molecule has 0 spiro atoms. The number of nitrogens with zero attached hydrogens (tertiary/aromatic N) is 1. The number of anilines is 1. The third-order valence-corrected chi connectivity index (χ3v) is 4.74. The highest BCUT2D eigenvalue weighted by Crippen LogP contribution is 2.25. The van der Waals surface area contributed by atoms with E-state index in [4.69, 9.17) is 4.99 Å². The van der Waals surface area contributed by atoms with Gasteiger partial charge in [0.2, 0.25) is 0 Å². The Hall–Kier alpha value is -0.230. The van der Waals surface area contributed by atoms with E-state index in [1.54, 1.807) is 0 Å². The van der Waals surface area contributed by atoms with Crippen LogP contribution in [0.4, 0.5) is 5.69 Å². The van der Waals surface area contributed by atoms with E-state index in [0.717, 1.165) is 10.9 Å². The molecule has 0 aromatic heterocycles. The highest BCUT2D eigenvalue weighted by Gasteiger charge is 2.18. The lowest BCUT2D eigenvalue weighted by Gasteiger charge is -2.23. The summed E-state index contributed by atoms with van der Waals surface area (Å²) in [5.74, 6) is 1.79. The number of hydrogen-bond acceptors (Lipinski definition) is 3. The molecule has 1 aliphatic heterocycles. The van der Waals surface area contributed by atoms with Gasteiger partial charge in [-0.15, -0.1) is 0 Å². The smallest absolute Gasteiger partial charge is 0.161 e. The van der Waals surface area contributed by atoms with Gasteiger partial charge in [-0.05, 0) is 59.5 Å². The maximum Gasteiger partial charge on any atom is 0.161 e. The molecular formula is C14H19IN2S. The van der Waals surface area contributed by atoms with Crippen molar-refractivity contribution in [3.8, 4) is 0 Å². The first-order chi connectivity index (χ1) is 8.56. The fourth-order valence-corrected chi connectivity index (χ4v) is 3.36. The van der Waals surface area contributed by atoms with Gasteiger partial charge in [0.05, 0.1) is 6.04 Å². The molecule has 0 saturated carbocycles. The van der Waals surface area contributed by atoms with Crippen molar-refractivity contribution in [2.75, 3.05) is 11.1 Å². The van der Waals surface area contributed by atoms with E-state index in [1.165, 1.54) is 21.2 Å². The average Bonchev–Trinajstić information content (AvgIpc) is 2.34. The molecule has 98 valence electrons. The van der Waals surface area contributed by atoms with E-state index in [1.807, 2.05) is 11.8 Å². The predicted octanol–water partition coefficient (Wildman–Crippen LogP) is 4.53. The Kier molecular flexibility index (Phi) is 4.95. The van der Waals surface area contributed by atoms with Gasteiger partial charge in [0.1, 0.15) is 0 Å². The lowest BCUT2D eigenvalue weighted by Crippen LogP contribution is -2.24. The van der Waals surface area contributed by atoms with Crippen LogP contribution in [0.25, 0.3) is 0 Å². The van der Waals surface area contributed by atoms with Gasteiger partial charge in [-0.3, -0.25) is 4.99 Å². The zero-order valence-corrected chi connectivity index (χ0v) is 14.0. The number of nitrogens with one attached hydrogen (secondary N) is 1. The lowest BCUT2D eigenvalue weighted by molar-refractivity contribution is 0.485. The Balaban J connectivity index is 2.15. The molecule has 0 fully saturated rings. The summed E-state index contributed by atoms with van der Waals surface area (Å²) in [4.78, 5) is 4.81. The van der Waals surface area contributed by atoms with Gasteiger partial charge in [0.25, 0.3) is 0 Å². The fraction of sp³-hybridized carbons (Fsp3) is 0.500. The summed E-state index contributed by atoms with van der Waals surface area (Å²) in [5.41, 5.74) is 2.45. The molecule has 1 heterocycles. The van der Waals surface area contributed by atoms with Gasteiger partial charge < -0.3 is 5.32 Å². The largest absolute Gasteiger partial charge is 0.335 e. The van der Waals surface area contributed by atoms with Crippen molar-refractivity contribution < 1.29 is 0 Å². The highest BCUT2D eigenvalue weighted by atomic mass is 127. The molecule has 1 N–H and O–H groups in total. The van der Waals surface area contributed by atoms with Crippen LogP contribution in [0.3, 0.4) is 0 Å². The van der Waals surface area contributed by atoms with Crippen LogP contribution in [0.5, 0.6) is 0 Å². The Labute approximate surface area is 127 Å². The van der Waals surface area contributed by atoms with Crippen LogP contribution in [0.15, 0.2) is 23.2 Å². The molecule has 0 bridgehead atoms. The van der Waals surface area contributed by atoms with Crippen molar-refractivity contribution in [2.24, 2.45) is 10.9 Å². The minimum Gasteiger partial charge on any atom is -0.335 e. The summed E-state index contributed by atoms with van der Waals surface area (Å²) in [6.45, 7) is 6.63. The molecule has 0 saturated heterocycles. The molecule has 1 aliphatic rings. The average molecular weight is 374 g/mol. The lowest BCUT2D eigenvalue weighted by atomic mass is 10.0. The summed E-state index contributed by atoms with van der Waals surface area (Å²) >= 11 is 4.17. The first-order valence-electron chi connectivity index (χ1n) is 6.30. The molecule has 1 unspecified atom stereocenters. The summed E-state index contributed by atoms with van der Waals surface area (Å²) in [5, 5.41) is 4.56. The minimum absolute atomic E-state index is 0.469. The second-order valence-electron chi connectivity index (χ2n) is 4.97. The fourth-order valence-electron chi connectivity index (χ4n) is 1.92. The van der Waals surface area contributed by atoms with Gasteiger partial charge in [-0.2, -0.15) is 0 Å². The number of aliphatic imine (C=N–C) groups is 1. The minimum atomic E-state index is 0.469. The molecule has 0 radical (unpaired) electrons. The van der Waals surface area contributed by atoms with E-state index < -0.39 is 0 Å². The Morgan fingerprint density at radius 3 is 2.94 bits per heavy atom. The monoisotopic (exact) mass is 374 g/mol. The maximum absolute atomic E-state index is 4.81. The number of rotatable bonds is 2. The predicted molar refractivity (Wildman–Crippen MR) is 90.7 cm³/mol. The van der Waals surface area contributed by atoms with Crippen molar-refractivity contribution >= 4 is 45.2 Å². The summed E-state index contributed by atoms with van der Waals surface area (Å²) < 4.78 is 1.25. The second kappa shape index (κ2) is 6.28. The van der Waals surface area contributed by atoms with Crippen molar-refractivity contribution in [2.45, 2.75) is 33.2 Å². The SMILES string of the molecule is Cc1ccc(I)cc1NC1=NC(C(C)C)CCS1. The van der Waals surface area contributed by atoms with Crippen LogP contribution in [0.1, 0.15) is 25.8 Å². The first kappa shape index (κ1) is 14.2. The van der Waals surface area contributed by atoms with Crippen LogP contribution in [0, 0.1) is 16.4 Å². The van der Waals surface area contributed by atoms with Gasteiger partial charge >= 0.3 is 0 Å². The van der Waals surface area contributed by atoms with E-state index in [9.17, 15) is 0 Å². The third-order valence-electron chi connectivity index (χ3n) is 3.15. The molecule has 1 atom stereocenters. The molecule has 4 heteroatoms. The van der Waals surface area contributed by atoms with Gasteiger partial charge in [0.15, 0.2) is 5.17 Å². The molecule has 1 aromatic rings. The highest BCUT2D eigenvalue weighted by molar-refractivity contribution is 14.1. The number of thioether (sulfide) groups is 1. The summed E-state index contributed by atoms with van der Waals surface area (Å²) in [6, 6.07) is 6.93. The van der Waals surface area contributed by atoms with Crippen LogP contribution >= 0.6 is 34.4 Å². The van der Waals surface area contributed by atoms with Crippen molar-refractivity contribution in [1.82, 2.24) is 0 Å². The molecule has 0 amide bonds. The van der Waals surface area contributed by atoms with E-state index >= 15 is 0 Å². The van der Waals surface area contributed by atoms with Crippen molar-refractivity contribution in [3.63, 3.8) is 0 Å². The molecule has 1 aromatic carbocycles. The molecular weight excluding hydrogens is 355 g/mol. The molecule has 2 nitrogen and oxygen atoms in total. The summed E-state index contributed by atoms with van der Waals surface area (Å²) in [6.07, 6.45) is 1.19. The second-order valence-corrected chi connectivity index (χ2v) is 7.30. The Bertz CT molecular complexity index is 457. The molecule has 2 rings (SSSR count). The van der Waals surface area contributed by atoms with Crippen LogP contribution in [0.2, 0.25) is 0 Å². The van der Waals surface area contributed by atoms with Gasteiger partial charge in [-0.25, -0.2) is 0 Å². The zero-order valence-electron chi connectivity index (χ0n) is 11.0. The third kappa shape index (κ3) is 3.63. The number of amidine groups is 1. The van der Waals surface area contributed by atoms with E-state index in [0.29, 0.717) is 12.0 Å². The zero-order chi connectivity index (χ0) is 13.1. The number of hydrogen-bond donors (Lipinski definition) is 1. The van der Waals surface area contributed by atoms with E-state index in [-0.39, 0.29) is 0 Å². The van der Waals surface area contributed by atoms with Crippen LogP contribution in [-0.2, 0) is 0 Å². The number of aryl methyl sites for hydroxylation is 1. The van der Waals surface area contributed by atoms with Crippen LogP contribution < -0.4 is 5.32 Å². The van der Waals surface area contributed by atoms with E-state index in [2.05, 4.69) is 66.9 Å². The normalized spacial score (nSPS) is 19.8. The van der Waals surface area contributed by atoms with Gasteiger partial charge in [0, 0.05) is 15.0 Å². The van der Waals surface area contributed by atoms with Crippen LogP contribution in [-0.4, -0.2) is 17.0 Å². The number of halogens is 1. The first-order valence-corrected chi connectivity index (χ1v) is 8.36.